The fraction of sp³-hybridized carbons (Fsp3) is 0.636. The Morgan fingerprint density at radius 1 is 1.53 bits per heavy atom. The Labute approximate surface area is 88.3 Å². The van der Waals surface area contributed by atoms with Crippen LogP contribution < -0.4 is 0 Å². The first kappa shape index (κ1) is 10.2. The van der Waals surface area contributed by atoms with E-state index in [1.807, 2.05) is 0 Å². The summed E-state index contributed by atoms with van der Waals surface area (Å²) in [5, 5.41) is 12.4. The molecule has 1 N–H and O–H groups in total. The number of carbonyl (C=O) groups is 1. The normalized spacial score (nSPS) is 17.1. The molecule has 0 amide bonds. The molecule has 1 aromatic rings. The summed E-state index contributed by atoms with van der Waals surface area (Å²) in [5.41, 5.74) is 0.216. The largest absolute Gasteiger partial charge is 0.478 e. The summed E-state index contributed by atoms with van der Waals surface area (Å²) < 4.78 is 4.95. The van der Waals surface area contributed by atoms with Crippen LogP contribution in [0.15, 0.2) is 10.7 Å². The van der Waals surface area contributed by atoms with E-state index in [4.69, 9.17) is 9.63 Å². The third-order valence-corrected chi connectivity index (χ3v) is 3.13. The summed E-state index contributed by atoms with van der Waals surface area (Å²) in [6.07, 6.45) is 8.18. The number of rotatable bonds is 4. The number of carboxylic acid groups (broad SMARTS) is 1. The number of carboxylic acids is 1. The molecule has 0 spiro atoms. The minimum absolute atomic E-state index is 0.216. The molecule has 82 valence electrons. The first-order valence-corrected chi connectivity index (χ1v) is 5.44. The molecular weight excluding hydrogens is 194 g/mol. The molecule has 4 heteroatoms. The molecule has 0 unspecified atom stereocenters. The quantitative estimate of drug-likeness (QED) is 0.827. The molecule has 1 aromatic heterocycles. The molecule has 15 heavy (non-hydrogen) atoms. The van der Waals surface area contributed by atoms with Gasteiger partial charge in [-0.1, -0.05) is 30.8 Å². The summed E-state index contributed by atoms with van der Waals surface area (Å²) in [5.74, 6) is 0.323. The van der Waals surface area contributed by atoms with Crippen LogP contribution in [-0.4, -0.2) is 16.2 Å². The highest BCUT2D eigenvalue weighted by atomic mass is 16.5. The fourth-order valence-electron chi connectivity index (χ4n) is 2.25. The lowest BCUT2D eigenvalue weighted by Gasteiger charge is -2.06. The highest BCUT2D eigenvalue weighted by molar-refractivity contribution is 5.88. The van der Waals surface area contributed by atoms with Crippen molar-refractivity contribution in [3.63, 3.8) is 0 Å². The Kier molecular flexibility index (Phi) is 3.04. The van der Waals surface area contributed by atoms with Crippen LogP contribution in [0, 0.1) is 5.92 Å². The van der Waals surface area contributed by atoms with Crippen LogP contribution in [0.4, 0.5) is 0 Å². The minimum atomic E-state index is -0.947. The van der Waals surface area contributed by atoms with Crippen molar-refractivity contribution < 1.29 is 14.4 Å². The van der Waals surface area contributed by atoms with Gasteiger partial charge < -0.3 is 9.63 Å². The van der Waals surface area contributed by atoms with Gasteiger partial charge in [0.25, 0.3) is 0 Å². The lowest BCUT2D eigenvalue weighted by molar-refractivity contribution is 0.0694. The van der Waals surface area contributed by atoms with Crippen molar-refractivity contribution in [2.45, 2.75) is 38.5 Å². The zero-order chi connectivity index (χ0) is 10.7. The molecule has 0 aromatic carbocycles. The van der Waals surface area contributed by atoms with Crippen molar-refractivity contribution in [2.75, 3.05) is 0 Å². The zero-order valence-electron chi connectivity index (χ0n) is 8.61. The number of nitrogens with zero attached hydrogens (tertiary/aromatic N) is 1. The lowest BCUT2D eigenvalue weighted by atomic mass is 10.00. The molecule has 1 heterocycles. The molecular formula is C11H15NO3. The van der Waals surface area contributed by atoms with Gasteiger partial charge in [0.05, 0.1) is 6.20 Å². The number of aromatic carboxylic acids is 1. The lowest BCUT2D eigenvalue weighted by Crippen LogP contribution is -2.01. The number of aryl methyl sites for hydroxylation is 1. The van der Waals surface area contributed by atoms with Crippen LogP contribution in [0.5, 0.6) is 0 Å². The maximum Gasteiger partial charge on any atom is 0.340 e. The van der Waals surface area contributed by atoms with E-state index in [2.05, 4.69) is 5.16 Å². The monoisotopic (exact) mass is 209 g/mol. The van der Waals surface area contributed by atoms with Gasteiger partial charge in [-0.15, -0.1) is 0 Å². The van der Waals surface area contributed by atoms with E-state index in [0.29, 0.717) is 12.2 Å². The highest BCUT2D eigenvalue weighted by Gasteiger charge is 2.19. The first-order valence-electron chi connectivity index (χ1n) is 5.44. The van der Waals surface area contributed by atoms with E-state index in [9.17, 15) is 4.79 Å². The van der Waals surface area contributed by atoms with Crippen LogP contribution in [0.25, 0.3) is 0 Å². The molecule has 0 saturated heterocycles. The predicted molar refractivity (Wildman–Crippen MR) is 53.7 cm³/mol. The Balaban J connectivity index is 1.92. The first-order chi connectivity index (χ1) is 7.27. The van der Waals surface area contributed by atoms with Crippen LogP contribution in [0.1, 0.15) is 48.2 Å². The molecule has 1 saturated carbocycles. The summed E-state index contributed by atoms with van der Waals surface area (Å²) in [4.78, 5) is 10.8. The van der Waals surface area contributed by atoms with E-state index < -0.39 is 5.97 Å². The van der Waals surface area contributed by atoms with Gasteiger partial charge in [-0.2, -0.15) is 0 Å². The van der Waals surface area contributed by atoms with Gasteiger partial charge in [0.15, 0.2) is 5.76 Å². The molecule has 0 bridgehead atoms. The predicted octanol–water partition coefficient (Wildman–Crippen LogP) is 2.50. The molecule has 1 aliphatic rings. The van der Waals surface area contributed by atoms with E-state index >= 15 is 0 Å². The summed E-state index contributed by atoms with van der Waals surface area (Å²) in [6, 6.07) is 0. The van der Waals surface area contributed by atoms with Crippen molar-refractivity contribution in [2.24, 2.45) is 5.92 Å². The van der Waals surface area contributed by atoms with Gasteiger partial charge in [0, 0.05) is 6.42 Å². The number of aromatic nitrogens is 1. The standard InChI is InChI=1S/C11H15NO3/c13-11(14)9-7-12-15-10(9)6-5-8-3-1-2-4-8/h7-8H,1-6H2,(H,13,14). The Morgan fingerprint density at radius 2 is 2.27 bits per heavy atom. The maximum absolute atomic E-state index is 10.8. The second kappa shape index (κ2) is 4.47. The molecule has 0 radical (unpaired) electrons. The van der Waals surface area contributed by atoms with Gasteiger partial charge in [-0.05, 0) is 12.3 Å². The van der Waals surface area contributed by atoms with E-state index in [1.54, 1.807) is 0 Å². The van der Waals surface area contributed by atoms with E-state index in [-0.39, 0.29) is 5.56 Å². The number of hydrogen-bond acceptors (Lipinski definition) is 3. The second-order valence-electron chi connectivity index (χ2n) is 4.16. The van der Waals surface area contributed by atoms with Crippen LogP contribution in [0.3, 0.4) is 0 Å². The maximum atomic E-state index is 10.8. The smallest absolute Gasteiger partial charge is 0.340 e. The van der Waals surface area contributed by atoms with Crippen LogP contribution in [0.2, 0.25) is 0 Å². The van der Waals surface area contributed by atoms with Gasteiger partial charge in [-0.25, -0.2) is 4.79 Å². The molecule has 2 rings (SSSR count). The van der Waals surface area contributed by atoms with Gasteiger partial charge in [0.2, 0.25) is 0 Å². The van der Waals surface area contributed by atoms with Crippen molar-refractivity contribution >= 4 is 5.97 Å². The topological polar surface area (TPSA) is 63.3 Å². The minimum Gasteiger partial charge on any atom is -0.478 e. The summed E-state index contributed by atoms with van der Waals surface area (Å²) >= 11 is 0. The molecule has 4 nitrogen and oxygen atoms in total. The van der Waals surface area contributed by atoms with Crippen LogP contribution >= 0.6 is 0 Å². The van der Waals surface area contributed by atoms with Crippen molar-refractivity contribution in [1.29, 1.82) is 0 Å². The molecule has 0 atom stereocenters. The van der Waals surface area contributed by atoms with Crippen molar-refractivity contribution in [1.82, 2.24) is 5.16 Å². The average Bonchev–Trinajstić information content (AvgIpc) is 2.86. The van der Waals surface area contributed by atoms with Gasteiger partial charge >= 0.3 is 5.97 Å². The third kappa shape index (κ3) is 2.37. The number of hydrogen-bond donors (Lipinski definition) is 1. The van der Waals surface area contributed by atoms with E-state index in [1.165, 1.54) is 31.9 Å². The Bertz CT molecular complexity index is 339. The Morgan fingerprint density at radius 3 is 2.93 bits per heavy atom. The highest BCUT2D eigenvalue weighted by Crippen LogP contribution is 2.29. The van der Waals surface area contributed by atoms with E-state index in [0.717, 1.165) is 12.3 Å². The van der Waals surface area contributed by atoms with Crippen molar-refractivity contribution in [3.8, 4) is 0 Å². The zero-order valence-corrected chi connectivity index (χ0v) is 8.61. The van der Waals surface area contributed by atoms with Gasteiger partial charge in [0.1, 0.15) is 5.56 Å². The second-order valence-corrected chi connectivity index (χ2v) is 4.16. The SMILES string of the molecule is O=C(O)c1cnoc1CCC1CCCC1. The molecule has 1 aliphatic carbocycles. The molecule has 1 fully saturated rings. The fourth-order valence-corrected chi connectivity index (χ4v) is 2.25. The summed E-state index contributed by atoms with van der Waals surface area (Å²) in [6.45, 7) is 0. The van der Waals surface area contributed by atoms with Crippen molar-refractivity contribution in [3.05, 3.63) is 17.5 Å². The molecule has 0 aliphatic heterocycles. The Hall–Kier alpha value is -1.32. The van der Waals surface area contributed by atoms with Crippen LogP contribution in [-0.2, 0) is 6.42 Å². The average molecular weight is 209 g/mol. The third-order valence-electron chi connectivity index (χ3n) is 3.13. The van der Waals surface area contributed by atoms with Gasteiger partial charge in [-0.3, -0.25) is 0 Å². The summed E-state index contributed by atoms with van der Waals surface area (Å²) in [7, 11) is 0.